The van der Waals surface area contributed by atoms with Gasteiger partial charge in [0, 0.05) is 31.1 Å². The number of nitrogens with zero attached hydrogens (tertiary/aromatic N) is 2. The van der Waals surface area contributed by atoms with E-state index in [9.17, 15) is 4.79 Å². The van der Waals surface area contributed by atoms with Gasteiger partial charge in [0.15, 0.2) is 0 Å². The fourth-order valence-corrected chi connectivity index (χ4v) is 2.82. The summed E-state index contributed by atoms with van der Waals surface area (Å²) in [6.45, 7) is 1.18. The molecule has 0 aliphatic carbocycles. The molecule has 0 aromatic carbocycles. The molecule has 1 fully saturated rings. The van der Waals surface area contributed by atoms with Crippen LogP contribution in [0.5, 0.6) is 0 Å². The molecule has 0 spiro atoms. The average molecular weight is 240 g/mol. The minimum atomic E-state index is -0.364. The highest BCUT2D eigenvalue weighted by Crippen LogP contribution is 2.22. The Morgan fingerprint density at radius 2 is 2.31 bits per heavy atom. The Bertz CT molecular complexity index is 332. The zero-order chi connectivity index (χ0) is 11.4. The van der Waals surface area contributed by atoms with Gasteiger partial charge in [-0.15, -0.1) is 11.3 Å². The van der Waals surface area contributed by atoms with Crippen molar-refractivity contribution >= 4 is 17.2 Å². The summed E-state index contributed by atoms with van der Waals surface area (Å²) in [5.74, 6) is 0.488. The van der Waals surface area contributed by atoms with Crippen LogP contribution in [-0.4, -0.2) is 40.6 Å². The highest BCUT2D eigenvalue weighted by molar-refractivity contribution is 7.09. The predicted molar refractivity (Wildman–Crippen MR) is 62.2 cm³/mol. The average Bonchev–Trinajstić information content (AvgIpc) is 2.82. The highest BCUT2D eigenvalue weighted by Gasteiger charge is 2.22. The van der Waals surface area contributed by atoms with Crippen LogP contribution in [0.2, 0.25) is 0 Å². The molecule has 2 rings (SSSR count). The van der Waals surface area contributed by atoms with Gasteiger partial charge in [-0.1, -0.05) is 0 Å². The summed E-state index contributed by atoms with van der Waals surface area (Å²) in [5, 5.41) is 11.9. The predicted octanol–water partition coefficient (Wildman–Crippen LogP) is 0.916. The number of carbonyl (C=O) groups excluding carboxylic acids is 1. The van der Waals surface area contributed by atoms with Gasteiger partial charge < -0.3 is 10.0 Å². The third kappa shape index (κ3) is 2.80. The van der Waals surface area contributed by atoms with Gasteiger partial charge in [-0.05, 0) is 18.8 Å². The van der Waals surface area contributed by atoms with Crippen molar-refractivity contribution in [3.05, 3.63) is 16.6 Å². The number of carbonyl (C=O) groups is 1. The van der Waals surface area contributed by atoms with E-state index in [2.05, 4.69) is 4.98 Å². The summed E-state index contributed by atoms with van der Waals surface area (Å²) in [6.07, 6.45) is 4.90. The van der Waals surface area contributed by atoms with Gasteiger partial charge in [-0.3, -0.25) is 4.79 Å². The van der Waals surface area contributed by atoms with Crippen LogP contribution in [0.4, 0.5) is 0 Å². The number of hydrogen-bond donors (Lipinski definition) is 1. The molecule has 16 heavy (non-hydrogen) atoms. The van der Waals surface area contributed by atoms with Crippen LogP contribution >= 0.6 is 11.3 Å². The van der Waals surface area contributed by atoms with Crippen molar-refractivity contribution in [3.8, 4) is 0 Å². The Hall–Kier alpha value is -0.940. The summed E-state index contributed by atoms with van der Waals surface area (Å²) in [7, 11) is 0. The topological polar surface area (TPSA) is 53.4 Å². The third-order valence-corrected chi connectivity index (χ3v) is 3.85. The first-order valence-electron chi connectivity index (χ1n) is 5.56. The summed E-state index contributed by atoms with van der Waals surface area (Å²) in [4.78, 5) is 17.3. The maximum Gasteiger partial charge on any atom is 0.248 e. The van der Waals surface area contributed by atoms with E-state index in [1.807, 2.05) is 11.6 Å². The lowest BCUT2D eigenvalue weighted by Gasteiger charge is -2.31. The second kappa shape index (κ2) is 5.41. The van der Waals surface area contributed by atoms with Crippen LogP contribution in [0.3, 0.4) is 0 Å². The molecule has 1 aliphatic heterocycles. The van der Waals surface area contributed by atoms with Gasteiger partial charge in [0.05, 0.1) is 5.01 Å². The summed E-state index contributed by atoms with van der Waals surface area (Å²) in [5.41, 5.74) is 0. The zero-order valence-corrected chi connectivity index (χ0v) is 9.95. The van der Waals surface area contributed by atoms with E-state index in [-0.39, 0.29) is 12.5 Å². The Morgan fingerprint density at radius 3 is 2.88 bits per heavy atom. The van der Waals surface area contributed by atoms with Gasteiger partial charge in [-0.25, -0.2) is 4.98 Å². The van der Waals surface area contributed by atoms with Crippen molar-refractivity contribution < 1.29 is 9.90 Å². The fraction of sp³-hybridized carbons (Fsp3) is 0.636. The number of piperidine rings is 1. The molecule has 1 aliphatic rings. The number of aliphatic hydroxyl groups excluding tert-OH is 1. The normalized spacial score (nSPS) is 17.7. The van der Waals surface area contributed by atoms with Crippen LogP contribution < -0.4 is 0 Å². The quantitative estimate of drug-likeness (QED) is 0.854. The van der Waals surface area contributed by atoms with E-state index in [0.29, 0.717) is 5.92 Å². The summed E-state index contributed by atoms with van der Waals surface area (Å²) < 4.78 is 0. The molecule has 5 heteroatoms. The second-order valence-electron chi connectivity index (χ2n) is 4.11. The molecule has 1 aromatic heterocycles. The Balaban J connectivity index is 1.79. The Morgan fingerprint density at radius 1 is 1.56 bits per heavy atom. The van der Waals surface area contributed by atoms with Crippen LogP contribution in [0.15, 0.2) is 11.6 Å². The number of thiazole rings is 1. The number of aromatic nitrogens is 1. The first-order chi connectivity index (χ1) is 7.79. The lowest BCUT2D eigenvalue weighted by atomic mass is 9.94. The SMILES string of the molecule is O=C(CO)N1CCC(Cc2nccs2)CC1. The zero-order valence-electron chi connectivity index (χ0n) is 9.13. The number of likely N-dealkylation sites (tertiary alicyclic amines) is 1. The van der Waals surface area contributed by atoms with Crippen molar-refractivity contribution in [2.45, 2.75) is 19.3 Å². The van der Waals surface area contributed by atoms with E-state index in [0.717, 1.165) is 32.4 Å². The van der Waals surface area contributed by atoms with Crippen molar-refractivity contribution in [2.24, 2.45) is 5.92 Å². The minimum Gasteiger partial charge on any atom is -0.387 e. The number of aliphatic hydroxyl groups is 1. The maximum atomic E-state index is 11.3. The van der Waals surface area contributed by atoms with Crippen molar-refractivity contribution in [1.29, 1.82) is 0 Å². The molecule has 0 atom stereocenters. The largest absolute Gasteiger partial charge is 0.387 e. The van der Waals surface area contributed by atoms with Crippen LogP contribution in [0.25, 0.3) is 0 Å². The molecule has 0 unspecified atom stereocenters. The molecule has 1 amide bonds. The van der Waals surface area contributed by atoms with Crippen molar-refractivity contribution in [1.82, 2.24) is 9.88 Å². The van der Waals surface area contributed by atoms with Crippen molar-refractivity contribution in [3.63, 3.8) is 0 Å². The standard InChI is InChI=1S/C11H16N2O2S/c14-8-11(15)13-4-1-9(2-5-13)7-10-12-3-6-16-10/h3,6,9,14H,1-2,4-5,7-8H2. The molecule has 0 radical (unpaired) electrons. The number of amides is 1. The van der Waals surface area contributed by atoms with E-state index in [4.69, 9.17) is 5.11 Å². The minimum absolute atomic E-state index is 0.146. The molecular formula is C11H16N2O2S. The molecule has 0 saturated carbocycles. The first kappa shape index (κ1) is 11.5. The Labute approximate surface area is 98.9 Å². The number of rotatable bonds is 3. The molecule has 1 N–H and O–H groups in total. The second-order valence-corrected chi connectivity index (χ2v) is 5.09. The van der Waals surface area contributed by atoms with E-state index >= 15 is 0 Å². The number of hydrogen-bond acceptors (Lipinski definition) is 4. The smallest absolute Gasteiger partial charge is 0.248 e. The maximum absolute atomic E-state index is 11.3. The lowest BCUT2D eigenvalue weighted by molar-refractivity contribution is -0.135. The van der Waals surface area contributed by atoms with Crippen molar-refractivity contribution in [2.75, 3.05) is 19.7 Å². The van der Waals surface area contributed by atoms with Crippen LogP contribution in [0.1, 0.15) is 17.8 Å². The van der Waals surface area contributed by atoms with E-state index in [1.54, 1.807) is 16.2 Å². The molecule has 1 saturated heterocycles. The molecule has 1 aromatic rings. The van der Waals surface area contributed by atoms with Gasteiger partial charge in [0.25, 0.3) is 0 Å². The molecular weight excluding hydrogens is 224 g/mol. The van der Waals surface area contributed by atoms with Gasteiger partial charge in [-0.2, -0.15) is 0 Å². The fourth-order valence-electron chi connectivity index (χ4n) is 2.09. The van der Waals surface area contributed by atoms with Gasteiger partial charge in [0.2, 0.25) is 5.91 Å². The van der Waals surface area contributed by atoms with Gasteiger partial charge >= 0.3 is 0 Å². The van der Waals surface area contributed by atoms with Crippen LogP contribution in [0, 0.1) is 5.92 Å². The lowest BCUT2D eigenvalue weighted by Crippen LogP contribution is -2.40. The Kier molecular flexibility index (Phi) is 3.90. The summed E-state index contributed by atoms with van der Waals surface area (Å²) >= 11 is 1.70. The van der Waals surface area contributed by atoms with E-state index in [1.165, 1.54) is 5.01 Å². The molecule has 0 bridgehead atoms. The molecule has 88 valence electrons. The van der Waals surface area contributed by atoms with Gasteiger partial charge in [0.1, 0.15) is 6.61 Å². The third-order valence-electron chi connectivity index (χ3n) is 3.05. The first-order valence-corrected chi connectivity index (χ1v) is 6.44. The monoisotopic (exact) mass is 240 g/mol. The van der Waals surface area contributed by atoms with E-state index < -0.39 is 0 Å². The summed E-state index contributed by atoms with van der Waals surface area (Å²) in [6, 6.07) is 0. The van der Waals surface area contributed by atoms with Crippen LogP contribution in [-0.2, 0) is 11.2 Å². The molecule has 4 nitrogen and oxygen atoms in total. The molecule has 2 heterocycles. The highest BCUT2D eigenvalue weighted by atomic mass is 32.1.